The van der Waals surface area contributed by atoms with Crippen LogP contribution in [0.15, 0.2) is 36.4 Å². The molecule has 0 fully saturated rings. The fourth-order valence-electron chi connectivity index (χ4n) is 2.47. The molecule has 0 aliphatic carbocycles. The van der Waals surface area contributed by atoms with Crippen molar-refractivity contribution in [2.75, 3.05) is 6.54 Å². The highest BCUT2D eigenvalue weighted by molar-refractivity contribution is 7.12. The van der Waals surface area contributed by atoms with E-state index in [1.807, 2.05) is 11.3 Å². The highest BCUT2D eigenvalue weighted by atomic mass is 32.1. The molecule has 1 nitrogen and oxygen atoms in total. The molecular weight excluding hydrogens is 274 g/mol. The van der Waals surface area contributed by atoms with Crippen LogP contribution in [0, 0.1) is 6.92 Å². The summed E-state index contributed by atoms with van der Waals surface area (Å²) >= 11 is 1.94. The number of rotatable bonds is 5. The van der Waals surface area contributed by atoms with Crippen LogP contribution in [0.1, 0.15) is 61.0 Å². The van der Waals surface area contributed by atoms with Crippen molar-refractivity contribution in [3.05, 3.63) is 57.3 Å². The molecule has 1 aromatic carbocycles. The largest absolute Gasteiger partial charge is 0.306 e. The second kappa shape index (κ2) is 6.76. The van der Waals surface area contributed by atoms with Crippen LogP contribution < -0.4 is 5.32 Å². The third-order valence-electron chi connectivity index (χ3n) is 3.75. The molecule has 0 saturated carbocycles. The van der Waals surface area contributed by atoms with Gasteiger partial charge in [0.1, 0.15) is 0 Å². The van der Waals surface area contributed by atoms with Gasteiger partial charge in [-0.2, -0.15) is 0 Å². The van der Waals surface area contributed by atoms with E-state index in [4.69, 9.17) is 0 Å². The van der Waals surface area contributed by atoms with Gasteiger partial charge in [-0.1, -0.05) is 52.0 Å². The monoisotopic (exact) mass is 301 g/mol. The maximum atomic E-state index is 3.72. The topological polar surface area (TPSA) is 12.0 Å². The highest BCUT2D eigenvalue weighted by Crippen LogP contribution is 2.35. The van der Waals surface area contributed by atoms with Crippen LogP contribution in [-0.2, 0) is 5.41 Å². The molecule has 0 aliphatic heterocycles. The Kier molecular flexibility index (Phi) is 5.23. The van der Waals surface area contributed by atoms with E-state index in [0.717, 1.165) is 13.0 Å². The van der Waals surface area contributed by atoms with E-state index in [1.54, 1.807) is 0 Å². The SMILES string of the molecule is CCCNC(c1ccc(C(C)(C)C)s1)c1ccccc1C. The van der Waals surface area contributed by atoms with Gasteiger partial charge in [0.15, 0.2) is 0 Å². The molecule has 1 heterocycles. The second-order valence-corrected chi connectivity index (χ2v) is 7.81. The predicted molar refractivity (Wildman–Crippen MR) is 94.3 cm³/mol. The summed E-state index contributed by atoms with van der Waals surface area (Å²) in [5.74, 6) is 0. The van der Waals surface area contributed by atoms with Crippen molar-refractivity contribution in [1.29, 1.82) is 0 Å². The number of benzene rings is 1. The molecule has 0 bridgehead atoms. The maximum absolute atomic E-state index is 3.72. The molecule has 0 aliphatic rings. The van der Waals surface area contributed by atoms with Gasteiger partial charge < -0.3 is 5.32 Å². The first-order valence-corrected chi connectivity index (χ1v) is 8.64. The third-order valence-corrected chi connectivity index (χ3v) is 5.32. The summed E-state index contributed by atoms with van der Waals surface area (Å²) in [7, 11) is 0. The lowest BCUT2D eigenvalue weighted by atomic mass is 9.94. The van der Waals surface area contributed by atoms with Crippen molar-refractivity contribution in [2.45, 2.75) is 52.5 Å². The normalized spacial score (nSPS) is 13.4. The molecule has 1 unspecified atom stereocenters. The van der Waals surface area contributed by atoms with Gasteiger partial charge in [0, 0.05) is 9.75 Å². The Morgan fingerprint density at radius 2 is 1.81 bits per heavy atom. The maximum Gasteiger partial charge on any atom is 0.0673 e. The first kappa shape index (κ1) is 16.3. The molecule has 2 rings (SSSR count). The van der Waals surface area contributed by atoms with Gasteiger partial charge in [0.25, 0.3) is 0 Å². The van der Waals surface area contributed by atoms with E-state index in [9.17, 15) is 0 Å². The van der Waals surface area contributed by atoms with Crippen LogP contribution in [0.4, 0.5) is 0 Å². The average molecular weight is 301 g/mol. The zero-order chi connectivity index (χ0) is 15.5. The van der Waals surface area contributed by atoms with E-state index in [-0.39, 0.29) is 5.41 Å². The smallest absolute Gasteiger partial charge is 0.0673 e. The van der Waals surface area contributed by atoms with Crippen molar-refractivity contribution >= 4 is 11.3 Å². The van der Waals surface area contributed by atoms with Crippen molar-refractivity contribution in [1.82, 2.24) is 5.32 Å². The van der Waals surface area contributed by atoms with E-state index in [0.29, 0.717) is 6.04 Å². The molecule has 1 aromatic heterocycles. The average Bonchev–Trinajstić information content (AvgIpc) is 2.91. The van der Waals surface area contributed by atoms with Gasteiger partial charge in [-0.15, -0.1) is 11.3 Å². The van der Waals surface area contributed by atoms with Gasteiger partial charge >= 0.3 is 0 Å². The van der Waals surface area contributed by atoms with Crippen molar-refractivity contribution in [3.8, 4) is 0 Å². The molecule has 0 saturated heterocycles. The third kappa shape index (κ3) is 3.96. The molecule has 1 atom stereocenters. The summed E-state index contributed by atoms with van der Waals surface area (Å²) < 4.78 is 0. The number of nitrogens with one attached hydrogen (secondary N) is 1. The second-order valence-electron chi connectivity index (χ2n) is 6.70. The fraction of sp³-hybridized carbons (Fsp3) is 0.474. The number of hydrogen-bond donors (Lipinski definition) is 1. The van der Waals surface area contributed by atoms with Gasteiger partial charge in [-0.25, -0.2) is 0 Å². The molecule has 21 heavy (non-hydrogen) atoms. The fourth-order valence-corrected chi connectivity index (χ4v) is 3.63. The molecule has 1 N–H and O–H groups in total. The van der Waals surface area contributed by atoms with Crippen molar-refractivity contribution in [2.24, 2.45) is 0 Å². The zero-order valence-electron chi connectivity index (χ0n) is 13.9. The Labute approximate surface area is 133 Å². The van der Waals surface area contributed by atoms with E-state index >= 15 is 0 Å². The molecule has 114 valence electrons. The standard InChI is InChI=1S/C19H27NS/c1-6-13-20-18(15-10-8-7-9-14(15)2)16-11-12-17(21-16)19(3,4)5/h7-12,18,20H,6,13H2,1-5H3. The predicted octanol–water partition coefficient (Wildman–Crippen LogP) is 5.44. The first-order chi connectivity index (χ1) is 9.93. The van der Waals surface area contributed by atoms with Crippen LogP contribution in [0.5, 0.6) is 0 Å². The van der Waals surface area contributed by atoms with Crippen molar-refractivity contribution in [3.63, 3.8) is 0 Å². The zero-order valence-corrected chi connectivity index (χ0v) is 14.7. The van der Waals surface area contributed by atoms with Gasteiger partial charge in [0.05, 0.1) is 6.04 Å². The minimum Gasteiger partial charge on any atom is -0.306 e. The van der Waals surface area contributed by atoms with Crippen LogP contribution in [-0.4, -0.2) is 6.54 Å². The van der Waals surface area contributed by atoms with E-state index < -0.39 is 0 Å². The molecule has 0 amide bonds. The molecular formula is C19H27NS. The summed E-state index contributed by atoms with van der Waals surface area (Å²) in [5.41, 5.74) is 2.98. The lowest BCUT2D eigenvalue weighted by molar-refractivity contribution is 0.602. The lowest BCUT2D eigenvalue weighted by Gasteiger charge is -2.20. The van der Waals surface area contributed by atoms with Crippen molar-refractivity contribution < 1.29 is 0 Å². The molecule has 0 spiro atoms. The summed E-state index contributed by atoms with van der Waals surface area (Å²) in [4.78, 5) is 2.87. The summed E-state index contributed by atoms with van der Waals surface area (Å²) in [5, 5.41) is 3.72. The minimum atomic E-state index is 0.226. The van der Waals surface area contributed by atoms with Gasteiger partial charge in [-0.05, 0) is 48.6 Å². The Morgan fingerprint density at radius 3 is 2.38 bits per heavy atom. The van der Waals surface area contributed by atoms with Gasteiger partial charge in [-0.3, -0.25) is 0 Å². The van der Waals surface area contributed by atoms with Crippen LogP contribution in [0.25, 0.3) is 0 Å². The summed E-state index contributed by atoms with van der Waals surface area (Å²) in [6, 6.07) is 13.6. The van der Waals surface area contributed by atoms with Crippen LogP contribution >= 0.6 is 11.3 Å². The summed E-state index contributed by atoms with van der Waals surface area (Å²) in [6.07, 6.45) is 1.15. The number of aryl methyl sites for hydroxylation is 1. The molecule has 2 aromatic rings. The van der Waals surface area contributed by atoms with Gasteiger partial charge in [0.2, 0.25) is 0 Å². The Balaban J connectivity index is 2.37. The Morgan fingerprint density at radius 1 is 1.10 bits per heavy atom. The lowest BCUT2D eigenvalue weighted by Crippen LogP contribution is -2.23. The van der Waals surface area contributed by atoms with Crippen LogP contribution in [0.3, 0.4) is 0 Å². The summed E-state index contributed by atoms with van der Waals surface area (Å²) in [6.45, 7) is 12.3. The van der Waals surface area contributed by atoms with E-state index in [1.165, 1.54) is 20.9 Å². The molecule has 0 radical (unpaired) electrons. The highest BCUT2D eigenvalue weighted by Gasteiger charge is 2.21. The Hall–Kier alpha value is -1.12. The Bertz CT molecular complexity index is 577. The number of hydrogen-bond acceptors (Lipinski definition) is 2. The minimum absolute atomic E-state index is 0.226. The van der Waals surface area contributed by atoms with E-state index in [2.05, 4.69) is 76.3 Å². The molecule has 2 heteroatoms. The number of thiophene rings is 1. The quantitative estimate of drug-likeness (QED) is 0.775. The first-order valence-electron chi connectivity index (χ1n) is 7.82. The van der Waals surface area contributed by atoms with Crippen LogP contribution in [0.2, 0.25) is 0 Å².